The quantitative estimate of drug-likeness (QED) is 0.327. The van der Waals surface area contributed by atoms with Crippen molar-refractivity contribution in [1.82, 2.24) is 0 Å². The number of rotatable bonds is 1. The molecule has 0 amide bonds. The molecule has 0 spiro atoms. The topological polar surface area (TPSA) is 47.3 Å². The second kappa shape index (κ2) is 4.42. The molecule has 4 aromatic carbocycles. The van der Waals surface area contributed by atoms with Crippen LogP contribution in [0, 0.1) is 0 Å². The van der Waals surface area contributed by atoms with E-state index in [4.69, 9.17) is 4.42 Å². The number of carbonyl (C=O) groups is 1. The summed E-state index contributed by atoms with van der Waals surface area (Å²) in [5.74, 6) is -0.0992. The first-order valence-electron chi connectivity index (χ1n) is 7.78. The molecule has 0 aliphatic rings. The average molecular weight is 312 g/mol. The van der Waals surface area contributed by atoms with Gasteiger partial charge in [-0.25, -0.2) is 0 Å². The summed E-state index contributed by atoms with van der Waals surface area (Å²) in [5.41, 5.74) is 1.09. The van der Waals surface area contributed by atoms with Crippen LogP contribution in [-0.4, -0.2) is 5.78 Å². The maximum Gasteiger partial charge on any atom is 0.187 e. The summed E-state index contributed by atoms with van der Waals surface area (Å²) in [5, 5.41) is 6.43. The molecule has 0 unspecified atom stereocenters. The monoisotopic (exact) mass is 312 g/mol. The number of hydrogen-bond donors (Lipinski definition) is 0. The van der Waals surface area contributed by atoms with E-state index < -0.39 is 0 Å². The van der Waals surface area contributed by atoms with E-state index in [2.05, 4.69) is 0 Å². The van der Waals surface area contributed by atoms with Gasteiger partial charge < -0.3 is 4.42 Å². The zero-order valence-corrected chi connectivity index (χ0v) is 12.9. The van der Waals surface area contributed by atoms with Gasteiger partial charge in [-0.1, -0.05) is 18.2 Å². The molecule has 0 atom stereocenters. The van der Waals surface area contributed by atoms with Crippen LogP contribution in [0.2, 0.25) is 0 Å². The molecular weight excluding hydrogens is 300 g/mol. The fourth-order valence-electron chi connectivity index (χ4n) is 3.73. The minimum atomic E-state index is -0.119. The van der Waals surface area contributed by atoms with Crippen molar-refractivity contribution in [3.05, 3.63) is 70.6 Å². The molecule has 5 aromatic rings. The van der Waals surface area contributed by atoms with Crippen LogP contribution in [-0.2, 0) is 0 Å². The predicted octanol–water partition coefficient (Wildman–Crippen LogP) is 4.89. The van der Waals surface area contributed by atoms with Crippen molar-refractivity contribution in [2.45, 2.75) is 6.92 Å². The van der Waals surface area contributed by atoms with Crippen molar-refractivity contribution < 1.29 is 9.21 Å². The molecular formula is C21H12O3. The minimum Gasteiger partial charge on any atom is -0.464 e. The van der Waals surface area contributed by atoms with E-state index in [9.17, 15) is 9.59 Å². The number of ketones is 1. The van der Waals surface area contributed by atoms with Gasteiger partial charge in [-0.15, -0.1) is 0 Å². The average Bonchev–Trinajstić information content (AvgIpc) is 2.92. The summed E-state index contributed by atoms with van der Waals surface area (Å²) in [7, 11) is 0. The molecule has 0 aliphatic carbocycles. The molecule has 1 heterocycles. The molecule has 0 saturated heterocycles. The minimum absolute atomic E-state index is 0.0992. The van der Waals surface area contributed by atoms with Gasteiger partial charge in [0, 0.05) is 21.7 Å². The van der Waals surface area contributed by atoms with E-state index in [-0.39, 0.29) is 11.2 Å². The van der Waals surface area contributed by atoms with E-state index in [1.54, 1.807) is 6.26 Å². The van der Waals surface area contributed by atoms with E-state index in [1.165, 1.54) is 13.0 Å². The van der Waals surface area contributed by atoms with Crippen LogP contribution in [0.3, 0.4) is 0 Å². The molecule has 3 heteroatoms. The maximum atomic E-state index is 12.8. The van der Waals surface area contributed by atoms with Crippen LogP contribution in [0.15, 0.2) is 64.0 Å². The highest BCUT2D eigenvalue weighted by atomic mass is 16.3. The number of hydrogen-bond acceptors (Lipinski definition) is 3. The lowest BCUT2D eigenvalue weighted by molar-refractivity contribution is 0.101. The smallest absolute Gasteiger partial charge is 0.187 e. The maximum absolute atomic E-state index is 12.8. The molecule has 0 aliphatic heterocycles. The zero-order chi connectivity index (χ0) is 16.4. The summed E-state index contributed by atoms with van der Waals surface area (Å²) in [4.78, 5) is 24.6. The predicted molar refractivity (Wildman–Crippen MR) is 96.2 cm³/mol. The number of benzene rings is 3. The van der Waals surface area contributed by atoms with Crippen molar-refractivity contribution in [2.24, 2.45) is 0 Å². The van der Waals surface area contributed by atoms with Gasteiger partial charge in [0.1, 0.15) is 5.58 Å². The Labute approximate surface area is 136 Å². The molecule has 1 aromatic heterocycles. The van der Waals surface area contributed by atoms with Gasteiger partial charge in [0.05, 0.1) is 6.26 Å². The summed E-state index contributed by atoms with van der Waals surface area (Å²) >= 11 is 0. The van der Waals surface area contributed by atoms with Gasteiger partial charge in [-0.05, 0) is 58.8 Å². The first-order chi connectivity index (χ1) is 11.6. The fourth-order valence-corrected chi connectivity index (χ4v) is 3.73. The Bertz CT molecular complexity index is 1340. The van der Waals surface area contributed by atoms with Crippen LogP contribution >= 0.6 is 0 Å². The molecule has 0 fully saturated rings. The Morgan fingerprint density at radius 3 is 2.54 bits per heavy atom. The van der Waals surface area contributed by atoms with Crippen LogP contribution in [0.1, 0.15) is 17.3 Å². The molecule has 0 radical (unpaired) electrons. The van der Waals surface area contributed by atoms with E-state index in [1.807, 2.05) is 42.5 Å². The zero-order valence-electron chi connectivity index (χ0n) is 12.9. The molecule has 24 heavy (non-hydrogen) atoms. The summed E-state index contributed by atoms with van der Waals surface area (Å²) in [6.45, 7) is 1.48. The van der Waals surface area contributed by atoms with Crippen molar-refractivity contribution >= 4 is 49.1 Å². The first-order valence-corrected chi connectivity index (χ1v) is 7.78. The van der Waals surface area contributed by atoms with Crippen molar-refractivity contribution in [1.29, 1.82) is 0 Å². The Morgan fingerprint density at radius 1 is 0.875 bits per heavy atom. The van der Waals surface area contributed by atoms with Crippen LogP contribution in [0.5, 0.6) is 0 Å². The summed E-state index contributed by atoms with van der Waals surface area (Å²) in [6.07, 6.45) is 1.64. The van der Waals surface area contributed by atoms with E-state index in [0.717, 1.165) is 37.9 Å². The van der Waals surface area contributed by atoms with Gasteiger partial charge in [0.2, 0.25) is 0 Å². The van der Waals surface area contributed by atoms with Crippen LogP contribution in [0.25, 0.3) is 43.3 Å². The summed E-state index contributed by atoms with van der Waals surface area (Å²) in [6, 6.07) is 15.1. The van der Waals surface area contributed by atoms with Crippen LogP contribution in [0.4, 0.5) is 0 Å². The Morgan fingerprint density at radius 2 is 1.71 bits per heavy atom. The Balaban J connectivity index is 2.21. The lowest BCUT2D eigenvalue weighted by Crippen LogP contribution is -2.03. The second-order valence-electron chi connectivity index (χ2n) is 6.13. The van der Waals surface area contributed by atoms with E-state index >= 15 is 0 Å². The Hall–Kier alpha value is -3.20. The molecule has 114 valence electrons. The molecule has 0 bridgehead atoms. The van der Waals surface area contributed by atoms with Crippen molar-refractivity contribution in [2.75, 3.05) is 0 Å². The SMILES string of the molecule is CC(=O)c1cc(=O)c2c(c1)c1cccc3cc4occcc4c2c31. The van der Waals surface area contributed by atoms with Gasteiger partial charge in [0.25, 0.3) is 0 Å². The van der Waals surface area contributed by atoms with Crippen LogP contribution < -0.4 is 5.43 Å². The largest absolute Gasteiger partial charge is 0.464 e. The van der Waals surface area contributed by atoms with Crippen molar-refractivity contribution in [3.63, 3.8) is 0 Å². The molecule has 5 rings (SSSR count). The lowest BCUT2D eigenvalue weighted by Gasteiger charge is -2.03. The number of Topliss-reactive ketones (excluding diaryl/α,β-unsaturated/α-hetero) is 1. The van der Waals surface area contributed by atoms with Gasteiger partial charge in [0.15, 0.2) is 11.2 Å². The van der Waals surface area contributed by atoms with Gasteiger partial charge in [-0.3, -0.25) is 9.59 Å². The first kappa shape index (κ1) is 13.3. The highest BCUT2D eigenvalue weighted by Crippen LogP contribution is 2.41. The Kier molecular flexibility index (Phi) is 2.44. The highest BCUT2D eigenvalue weighted by Gasteiger charge is 2.18. The third-order valence-electron chi connectivity index (χ3n) is 4.75. The van der Waals surface area contributed by atoms with E-state index in [0.29, 0.717) is 10.9 Å². The normalized spacial score (nSPS) is 11.9. The fraction of sp³-hybridized carbons (Fsp3) is 0.0476. The molecule has 0 saturated carbocycles. The number of fused-ring (bicyclic) bond motifs is 5. The third kappa shape index (κ3) is 1.56. The van der Waals surface area contributed by atoms with Gasteiger partial charge >= 0.3 is 0 Å². The standard InChI is InChI=1S/C21H12O3/c1-11(22)13-8-16-14-5-2-4-12-10-18-15(6-3-7-24-18)21(19(12)14)20(16)17(23)9-13/h2-10H,1H3. The summed E-state index contributed by atoms with van der Waals surface area (Å²) < 4.78 is 5.65. The molecule has 0 N–H and O–H groups in total. The van der Waals surface area contributed by atoms with Gasteiger partial charge in [-0.2, -0.15) is 0 Å². The third-order valence-corrected chi connectivity index (χ3v) is 4.75. The van der Waals surface area contributed by atoms with Crippen molar-refractivity contribution in [3.8, 4) is 0 Å². The number of carbonyl (C=O) groups excluding carboxylic acids is 1. The molecule has 3 nitrogen and oxygen atoms in total. The highest BCUT2D eigenvalue weighted by molar-refractivity contribution is 6.36. The second-order valence-corrected chi connectivity index (χ2v) is 6.13. The lowest BCUT2D eigenvalue weighted by atomic mass is 10.0.